The number of amides is 1. The Balaban J connectivity index is 1.27. The molecule has 2 aromatic rings. The SMILES string of the molecule is CC(C)[C@]1(C(=O)N2COc3ccc(C(F)(F)F)cc3C2)CC[C@@H](N2CCC(c3nn[nH]n3)CC2)C1. The van der Waals surface area contributed by atoms with Crippen LogP contribution in [0.4, 0.5) is 13.2 Å². The summed E-state index contributed by atoms with van der Waals surface area (Å²) in [6.07, 6.45) is -0.0717. The first-order valence-corrected chi connectivity index (χ1v) is 12.3. The van der Waals surface area contributed by atoms with Gasteiger partial charge < -0.3 is 14.5 Å². The number of aromatic nitrogens is 4. The predicted octanol–water partition coefficient (Wildman–Crippen LogP) is 3.97. The normalized spacial score (nSPS) is 26.1. The van der Waals surface area contributed by atoms with Crippen LogP contribution in [0.15, 0.2) is 18.2 Å². The molecule has 1 aromatic carbocycles. The second-order valence-electron chi connectivity index (χ2n) is 10.4. The zero-order valence-corrected chi connectivity index (χ0v) is 20.0. The number of fused-ring (bicyclic) bond motifs is 1. The number of aromatic amines is 1. The number of H-pyrrole nitrogens is 1. The predicted molar refractivity (Wildman–Crippen MR) is 120 cm³/mol. The Labute approximate surface area is 202 Å². The molecule has 2 aliphatic heterocycles. The topological polar surface area (TPSA) is 87.2 Å². The van der Waals surface area contributed by atoms with E-state index < -0.39 is 17.2 Å². The van der Waals surface area contributed by atoms with Gasteiger partial charge >= 0.3 is 6.18 Å². The van der Waals surface area contributed by atoms with Gasteiger partial charge in [-0.15, -0.1) is 10.2 Å². The first kappa shape index (κ1) is 24.0. The molecule has 0 spiro atoms. The lowest BCUT2D eigenvalue weighted by Crippen LogP contribution is -2.49. The second-order valence-corrected chi connectivity index (χ2v) is 10.4. The van der Waals surface area contributed by atoms with Crippen LogP contribution in [0.25, 0.3) is 0 Å². The average Bonchev–Trinajstić information content (AvgIpc) is 3.54. The van der Waals surface area contributed by atoms with Crippen molar-refractivity contribution in [3.8, 4) is 5.75 Å². The number of likely N-dealkylation sites (tertiary alicyclic amines) is 1. The summed E-state index contributed by atoms with van der Waals surface area (Å²) in [5, 5.41) is 14.5. The lowest BCUT2D eigenvalue weighted by Gasteiger charge is -2.40. The number of nitrogens with zero attached hydrogens (tertiary/aromatic N) is 5. The van der Waals surface area contributed by atoms with E-state index in [1.807, 2.05) is 0 Å². The minimum absolute atomic E-state index is 0.0141. The number of benzene rings is 1. The quantitative estimate of drug-likeness (QED) is 0.695. The van der Waals surface area contributed by atoms with Gasteiger partial charge in [-0.25, -0.2) is 0 Å². The van der Waals surface area contributed by atoms with Crippen molar-refractivity contribution in [2.45, 2.75) is 70.6 Å². The van der Waals surface area contributed by atoms with Gasteiger partial charge in [-0.3, -0.25) is 4.79 Å². The van der Waals surface area contributed by atoms with Gasteiger partial charge in [0, 0.05) is 17.5 Å². The fraction of sp³-hybridized carbons (Fsp3) is 0.667. The third-order valence-corrected chi connectivity index (χ3v) is 8.24. The van der Waals surface area contributed by atoms with Crippen LogP contribution in [-0.4, -0.2) is 62.2 Å². The zero-order chi connectivity index (χ0) is 24.8. The van der Waals surface area contributed by atoms with Crippen LogP contribution in [0.2, 0.25) is 0 Å². The van der Waals surface area contributed by atoms with E-state index in [2.05, 4.69) is 39.4 Å². The number of carbonyl (C=O) groups excluding carboxylic acids is 1. The van der Waals surface area contributed by atoms with E-state index in [0.29, 0.717) is 23.3 Å². The molecule has 8 nitrogen and oxygen atoms in total. The number of nitrogens with one attached hydrogen (secondary N) is 1. The fourth-order valence-electron chi connectivity index (χ4n) is 6.06. The molecule has 2 fully saturated rings. The molecule has 1 saturated heterocycles. The van der Waals surface area contributed by atoms with Crippen LogP contribution in [0.1, 0.15) is 68.8 Å². The van der Waals surface area contributed by atoms with Gasteiger partial charge in [0.1, 0.15) is 5.75 Å². The van der Waals surface area contributed by atoms with Crippen LogP contribution >= 0.6 is 0 Å². The highest BCUT2D eigenvalue weighted by Crippen LogP contribution is 2.49. The Morgan fingerprint density at radius 3 is 2.66 bits per heavy atom. The highest BCUT2D eigenvalue weighted by Gasteiger charge is 2.51. The molecule has 0 radical (unpaired) electrons. The summed E-state index contributed by atoms with van der Waals surface area (Å²) < 4.78 is 45.3. The monoisotopic (exact) mass is 492 g/mol. The lowest BCUT2D eigenvalue weighted by atomic mass is 9.74. The van der Waals surface area contributed by atoms with Gasteiger partial charge in [0.05, 0.1) is 17.5 Å². The number of hydrogen-bond donors (Lipinski definition) is 1. The Bertz CT molecular complexity index is 1050. The number of carbonyl (C=O) groups is 1. The van der Waals surface area contributed by atoms with Crippen molar-refractivity contribution in [3.05, 3.63) is 35.2 Å². The summed E-state index contributed by atoms with van der Waals surface area (Å²) in [7, 11) is 0. The van der Waals surface area contributed by atoms with E-state index in [-0.39, 0.29) is 25.1 Å². The smallest absolute Gasteiger partial charge is 0.416 e. The Kier molecular flexibility index (Phi) is 6.23. The number of piperidine rings is 1. The van der Waals surface area contributed by atoms with E-state index >= 15 is 0 Å². The lowest BCUT2D eigenvalue weighted by molar-refractivity contribution is -0.150. The van der Waals surface area contributed by atoms with Crippen molar-refractivity contribution in [3.63, 3.8) is 0 Å². The number of halogens is 3. The average molecular weight is 493 g/mol. The fourth-order valence-corrected chi connectivity index (χ4v) is 6.06. The molecule has 1 N–H and O–H groups in total. The Hall–Kier alpha value is -2.69. The number of rotatable bonds is 4. The molecular weight excluding hydrogens is 461 g/mol. The molecule has 0 unspecified atom stereocenters. The molecule has 1 aliphatic carbocycles. The third kappa shape index (κ3) is 4.50. The molecular formula is C24H31F3N6O2. The molecule has 11 heteroatoms. The molecule has 3 aliphatic rings. The first-order chi connectivity index (χ1) is 16.7. The van der Waals surface area contributed by atoms with E-state index in [9.17, 15) is 18.0 Å². The molecule has 190 valence electrons. The van der Waals surface area contributed by atoms with E-state index in [4.69, 9.17) is 4.74 Å². The summed E-state index contributed by atoms with van der Waals surface area (Å²) in [4.78, 5) is 17.9. The van der Waals surface area contributed by atoms with Crippen LogP contribution in [-0.2, 0) is 17.5 Å². The van der Waals surface area contributed by atoms with Crippen LogP contribution in [0.5, 0.6) is 5.75 Å². The Morgan fingerprint density at radius 1 is 1.23 bits per heavy atom. The zero-order valence-electron chi connectivity index (χ0n) is 20.0. The van der Waals surface area contributed by atoms with Crippen LogP contribution in [0.3, 0.4) is 0 Å². The Morgan fingerprint density at radius 2 is 2.00 bits per heavy atom. The third-order valence-electron chi connectivity index (χ3n) is 8.24. The van der Waals surface area contributed by atoms with Crippen molar-refractivity contribution >= 4 is 5.91 Å². The molecule has 0 bridgehead atoms. The number of tetrazole rings is 1. The van der Waals surface area contributed by atoms with Crippen molar-refractivity contribution in [1.82, 2.24) is 30.4 Å². The molecule has 35 heavy (non-hydrogen) atoms. The van der Waals surface area contributed by atoms with Crippen LogP contribution in [0, 0.1) is 11.3 Å². The maximum atomic E-state index is 13.9. The summed E-state index contributed by atoms with van der Waals surface area (Å²) in [5.74, 6) is 1.57. The number of hydrogen-bond acceptors (Lipinski definition) is 6. The standard InChI is InChI=1S/C24H31F3N6O2/c1-15(2)23(8-5-19(12-23)32-9-6-16(7-10-32)21-28-30-31-29-21)22(34)33-13-17-11-18(24(25,26)27)3-4-20(17)35-14-33/h3-4,11,15-16,19H,5-10,12-14H2,1-2H3,(H,28,29,30,31)/t19-,23+/m1/s1. The van der Waals surface area contributed by atoms with Gasteiger partial charge in [-0.05, 0) is 69.3 Å². The number of ether oxygens (including phenoxy) is 1. The van der Waals surface area contributed by atoms with Gasteiger partial charge in [0.15, 0.2) is 12.6 Å². The number of alkyl halides is 3. The summed E-state index contributed by atoms with van der Waals surface area (Å²) in [6, 6.07) is 3.78. The van der Waals surface area contributed by atoms with Gasteiger partial charge in [0.25, 0.3) is 0 Å². The molecule has 1 aromatic heterocycles. The molecule has 3 heterocycles. The highest BCUT2D eigenvalue weighted by molar-refractivity contribution is 5.83. The molecule has 1 amide bonds. The van der Waals surface area contributed by atoms with Crippen molar-refractivity contribution in [1.29, 1.82) is 0 Å². The van der Waals surface area contributed by atoms with Crippen molar-refractivity contribution in [2.24, 2.45) is 11.3 Å². The summed E-state index contributed by atoms with van der Waals surface area (Å²) in [5.41, 5.74) is -0.869. The summed E-state index contributed by atoms with van der Waals surface area (Å²) in [6.45, 7) is 6.19. The molecule has 5 rings (SSSR count). The minimum atomic E-state index is -4.43. The largest absolute Gasteiger partial charge is 0.473 e. The van der Waals surface area contributed by atoms with E-state index in [1.165, 1.54) is 6.07 Å². The van der Waals surface area contributed by atoms with Crippen LogP contribution < -0.4 is 4.74 Å². The minimum Gasteiger partial charge on any atom is -0.473 e. The first-order valence-electron chi connectivity index (χ1n) is 12.3. The van der Waals surface area contributed by atoms with Gasteiger partial charge in [-0.1, -0.05) is 19.1 Å². The van der Waals surface area contributed by atoms with Crippen molar-refractivity contribution in [2.75, 3.05) is 19.8 Å². The highest BCUT2D eigenvalue weighted by atomic mass is 19.4. The van der Waals surface area contributed by atoms with Gasteiger partial charge in [-0.2, -0.15) is 18.4 Å². The maximum absolute atomic E-state index is 13.9. The van der Waals surface area contributed by atoms with E-state index in [1.54, 1.807) is 4.90 Å². The van der Waals surface area contributed by atoms with E-state index in [0.717, 1.165) is 63.2 Å². The second kappa shape index (κ2) is 9.07. The van der Waals surface area contributed by atoms with Gasteiger partial charge in [0.2, 0.25) is 5.91 Å². The molecule has 2 atom stereocenters. The summed E-state index contributed by atoms with van der Waals surface area (Å²) >= 11 is 0. The van der Waals surface area contributed by atoms with Crippen molar-refractivity contribution < 1.29 is 22.7 Å². The molecule has 1 saturated carbocycles. The maximum Gasteiger partial charge on any atom is 0.416 e.